The number of ether oxygens (including phenoxy) is 1. The van der Waals surface area contributed by atoms with E-state index < -0.39 is 0 Å². The zero-order chi connectivity index (χ0) is 14.5. The molecule has 102 valence electrons. The maximum atomic E-state index is 12.8. The van der Waals surface area contributed by atoms with Crippen molar-refractivity contribution in [1.29, 1.82) is 0 Å². The van der Waals surface area contributed by atoms with E-state index in [2.05, 4.69) is 12.2 Å². The number of carbonyl (C=O) groups is 1. The maximum Gasteiger partial charge on any atom is 0.260 e. The molecule has 2 rings (SSSR count). The van der Waals surface area contributed by atoms with E-state index in [1.807, 2.05) is 0 Å². The molecule has 2 aromatic rings. The smallest absolute Gasteiger partial charge is 0.260 e. The van der Waals surface area contributed by atoms with Gasteiger partial charge in [-0.2, -0.15) is 0 Å². The lowest BCUT2D eigenvalue weighted by Gasteiger charge is -2.04. The normalized spacial score (nSPS) is 10.1. The Morgan fingerprint density at radius 3 is 2.25 bits per heavy atom. The van der Waals surface area contributed by atoms with Gasteiger partial charge in [-0.05, 0) is 84.1 Å². The molecule has 0 saturated heterocycles. The van der Waals surface area contributed by atoms with Crippen molar-refractivity contribution >= 4 is 45.2 Å². The van der Waals surface area contributed by atoms with Gasteiger partial charge in [0.15, 0.2) is 0 Å². The van der Waals surface area contributed by atoms with Crippen LogP contribution in [0.1, 0.15) is 10.4 Å². The van der Waals surface area contributed by atoms with Crippen LogP contribution in [0.25, 0.3) is 0 Å². The second-order valence-electron chi connectivity index (χ2n) is 3.71. The van der Waals surface area contributed by atoms with Gasteiger partial charge in [-0.3, -0.25) is 4.79 Å². The second-order valence-corrected chi connectivity index (χ2v) is 5.69. The summed E-state index contributed by atoms with van der Waals surface area (Å²) in [4.78, 5) is 12.7. The highest BCUT2D eigenvalue weighted by molar-refractivity contribution is 8.14. The summed E-state index contributed by atoms with van der Waals surface area (Å²) in [6.45, 7) is 0. The highest BCUT2D eigenvalue weighted by Gasteiger charge is 2.08. The Hall–Kier alpha value is -1.43. The fraction of sp³-hybridized carbons (Fsp3) is 0. The molecule has 0 saturated carbocycles. The summed E-state index contributed by atoms with van der Waals surface area (Å²) in [7, 11) is 0. The van der Waals surface area contributed by atoms with Gasteiger partial charge in [0.05, 0.1) is 0 Å². The number of rotatable bonds is 3. The van der Waals surface area contributed by atoms with Gasteiger partial charge in [0.2, 0.25) is 5.12 Å². The Bertz CT molecular complexity index is 627. The first-order chi connectivity index (χ1) is 9.54. The van der Waals surface area contributed by atoms with Crippen LogP contribution in [0, 0.1) is 5.82 Å². The summed E-state index contributed by atoms with van der Waals surface area (Å²) < 4.78 is 17.7. The number of halogens is 2. The molecule has 0 N–H and O–H groups in total. The lowest BCUT2D eigenvalue weighted by atomic mass is 10.2. The average molecular weight is 327 g/mol. The van der Waals surface area contributed by atoms with Crippen molar-refractivity contribution in [3.63, 3.8) is 0 Å². The summed E-state index contributed by atoms with van der Waals surface area (Å²) in [6, 6.07) is 12.2. The maximum absolute atomic E-state index is 12.8. The lowest BCUT2D eigenvalue weighted by molar-refractivity contribution is 0.108. The number of thioether (sulfide) groups is 1. The van der Waals surface area contributed by atoms with Crippen molar-refractivity contribution in [3.8, 4) is 5.75 Å². The molecule has 2 nitrogen and oxygen atoms in total. The van der Waals surface area contributed by atoms with Crippen LogP contribution in [-0.4, -0.2) is 9.63 Å². The first-order valence-corrected chi connectivity index (χ1v) is 7.10. The predicted octanol–water partition coefficient (Wildman–Crippen LogP) is 4.66. The SMILES string of the molecule is O=C(Sc1ccc(F)cc1)c1ccc(OC(=S)Cl)cc1. The highest BCUT2D eigenvalue weighted by Crippen LogP contribution is 2.24. The highest BCUT2D eigenvalue weighted by atomic mass is 35.5. The third-order valence-electron chi connectivity index (χ3n) is 2.31. The van der Waals surface area contributed by atoms with Crippen molar-refractivity contribution in [2.45, 2.75) is 4.90 Å². The van der Waals surface area contributed by atoms with Crippen LogP contribution in [0.3, 0.4) is 0 Å². The fourth-order valence-electron chi connectivity index (χ4n) is 1.42. The predicted molar refractivity (Wildman–Crippen MR) is 82.1 cm³/mol. The van der Waals surface area contributed by atoms with Gasteiger partial charge in [0.25, 0.3) is 4.51 Å². The number of hydrogen-bond donors (Lipinski definition) is 0. The van der Waals surface area contributed by atoms with Crippen molar-refractivity contribution in [2.75, 3.05) is 0 Å². The van der Waals surface area contributed by atoms with Crippen LogP contribution < -0.4 is 4.74 Å². The van der Waals surface area contributed by atoms with E-state index in [1.54, 1.807) is 36.4 Å². The molecule has 0 atom stereocenters. The van der Waals surface area contributed by atoms with Gasteiger partial charge < -0.3 is 4.74 Å². The van der Waals surface area contributed by atoms with Crippen LogP contribution in [0.5, 0.6) is 5.75 Å². The molecular formula is C14H8ClFO2S2. The average Bonchev–Trinajstić information content (AvgIpc) is 2.41. The number of hydrogen-bond acceptors (Lipinski definition) is 4. The minimum absolute atomic E-state index is 0.107. The third kappa shape index (κ3) is 4.30. The van der Waals surface area contributed by atoms with E-state index in [9.17, 15) is 9.18 Å². The van der Waals surface area contributed by atoms with Crippen molar-refractivity contribution in [1.82, 2.24) is 0 Å². The van der Waals surface area contributed by atoms with E-state index in [1.165, 1.54) is 12.1 Å². The minimum Gasteiger partial charge on any atom is -0.436 e. The Labute approximate surface area is 129 Å². The van der Waals surface area contributed by atoms with E-state index in [0.717, 1.165) is 11.8 Å². The van der Waals surface area contributed by atoms with Gasteiger partial charge >= 0.3 is 0 Å². The zero-order valence-electron chi connectivity index (χ0n) is 10.0. The van der Waals surface area contributed by atoms with E-state index in [4.69, 9.17) is 16.3 Å². The first-order valence-electron chi connectivity index (χ1n) is 5.50. The summed E-state index contributed by atoms with van der Waals surface area (Å²) in [5.41, 5.74) is 0.507. The molecule has 20 heavy (non-hydrogen) atoms. The van der Waals surface area contributed by atoms with Crippen molar-refractivity contribution in [3.05, 3.63) is 59.9 Å². The van der Waals surface area contributed by atoms with Gasteiger partial charge in [-0.1, -0.05) is 0 Å². The molecule has 0 fully saturated rings. The summed E-state index contributed by atoms with van der Waals surface area (Å²) in [5, 5.41) is -0.142. The molecular weight excluding hydrogens is 319 g/mol. The summed E-state index contributed by atoms with van der Waals surface area (Å²) >= 11 is 11.1. The molecule has 0 bridgehead atoms. The molecule has 0 aliphatic heterocycles. The molecule has 6 heteroatoms. The van der Waals surface area contributed by atoms with E-state index >= 15 is 0 Å². The Kier molecular flexibility index (Phi) is 5.11. The molecule has 0 amide bonds. The Morgan fingerprint density at radius 1 is 1.10 bits per heavy atom. The monoisotopic (exact) mass is 326 g/mol. The zero-order valence-corrected chi connectivity index (χ0v) is 12.4. The minimum atomic E-state index is -0.333. The molecule has 0 aromatic heterocycles. The topological polar surface area (TPSA) is 26.3 Å². The van der Waals surface area contributed by atoms with E-state index in [0.29, 0.717) is 16.2 Å². The number of carbonyl (C=O) groups excluding carboxylic acids is 1. The largest absolute Gasteiger partial charge is 0.436 e. The second kappa shape index (κ2) is 6.83. The van der Waals surface area contributed by atoms with Crippen LogP contribution in [-0.2, 0) is 0 Å². The molecule has 2 aromatic carbocycles. The van der Waals surface area contributed by atoms with Gasteiger partial charge in [-0.15, -0.1) is 0 Å². The quantitative estimate of drug-likeness (QED) is 0.465. The molecule has 0 heterocycles. The van der Waals surface area contributed by atoms with Crippen LogP contribution >= 0.6 is 35.6 Å². The van der Waals surface area contributed by atoms with Gasteiger partial charge in [0.1, 0.15) is 11.6 Å². The third-order valence-corrected chi connectivity index (χ3v) is 3.40. The summed E-state index contributed by atoms with van der Waals surface area (Å²) in [5.74, 6) is 0.133. The first kappa shape index (κ1) is 15.0. The molecule has 0 unspecified atom stereocenters. The van der Waals surface area contributed by atoms with Gasteiger partial charge in [-0.25, -0.2) is 4.39 Å². The Balaban J connectivity index is 2.05. The fourth-order valence-corrected chi connectivity index (χ4v) is 2.35. The van der Waals surface area contributed by atoms with Gasteiger partial charge in [0, 0.05) is 10.5 Å². The number of benzene rings is 2. The Morgan fingerprint density at radius 2 is 1.70 bits per heavy atom. The summed E-state index contributed by atoms with van der Waals surface area (Å²) in [6.07, 6.45) is 0. The molecule has 0 radical (unpaired) electrons. The van der Waals surface area contributed by atoms with Crippen LogP contribution in [0.15, 0.2) is 53.4 Å². The molecule has 0 spiro atoms. The standard InChI is InChI=1S/C14H8ClFO2S2/c15-14(19)18-11-5-1-9(2-6-11)13(17)20-12-7-3-10(16)4-8-12/h1-8H. The van der Waals surface area contributed by atoms with Crippen molar-refractivity contribution < 1.29 is 13.9 Å². The lowest BCUT2D eigenvalue weighted by Crippen LogP contribution is -1.97. The van der Waals surface area contributed by atoms with Crippen LogP contribution in [0.2, 0.25) is 0 Å². The molecule has 0 aliphatic rings. The molecule has 0 aliphatic carbocycles. The van der Waals surface area contributed by atoms with Crippen LogP contribution in [0.4, 0.5) is 4.39 Å². The van der Waals surface area contributed by atoms with Crippen molar-refractivity contribution in [2.24, 2.45) is 0 Å². The van der Waals surface area contributed by atoms with E-state index in [-0.39, 0.29) is 15.4 Å². The number of thiocarbonyl (C=S) groups is 1.